The molecule has 136 valence electrons. The summed E-state index contributed by atoms with van der Waals surface area (Å²) in [5.41, 5.74) is 0. The Morgan fingerprint density at radius 1 is 1.30 bits per heavy atom. The van der Waals surface area contributed by atoms with Gasteiger partial charge in [0.1, 0.15) is 0 Å². The molecule has 1 saturated carbocycles. The Bertz CT molecular complexity index is 355. The van der Waals surface area contributed by atoms with Crippen LogP contribution in [0.3, 0.4) is 0 Å². The summed E-state index contributed by atoms with van der Waals surface area (Å²) in [4.78, 5) is 7.11. The number of nitrogens with one attached hydrogen (secondary N) is 1. The number of rotatable bonds is 9. The molecule has 2 aliphatic rings. The lowest BCUT2D eigenvalue weighted by Crippen LogP contribution is -2.42. The summed E-state index contributed by atoms with van der Waals surface area (Å²) < 4.78 is 10.7. The average Bonchev–Trinajstić information content (AvgIpc) is 3.07. The van der Waals surface area contributed by atoms with Gasteiger partial charge in [-0.25, -0.2) is 0 Å². The van der Waals surface area contributed by atoms with Crippen molar-refractivity contribution >= 4 is 29.9 Å². The fourth-order valence-electron chi connectivity index (χ4n) is 3.22. The highest BCUT2D eigenvalue weighted by molar-refractivity contribution is 14.0. The fourth-order valence-corrected chi connectivity index (χ4v) is 3.22. The van der Waals surface area contributed by atoms with E-state index in [1.54, 1.807) is 7.11 Å². The van der Waals surface area contributed by atoms with Crippen molar-refractivity contribution in [1.29, 1.82) is 0 Å². The maximum atomic E-state index is 5.68. The quantitative estimate of drug-likeness (QED) is 0.260. The highest BCUT2D eigenvalue weighted by Crippen LogP contribution is 2.34. The number of aliphatic imine (C=N–C) groups is 1. The zero-order valence-corrected chi connectivity index (χ0v) is 17.3. The SMILES string of the molecule is CCCC1CC1NC(=NCC)N1CCC(COCCOC)C1.I. The predicted molar refractivity (Wildman–Crippen MR) is 106 cm³/mol. The van der Waals surface area contributed by atoms with Crippen LogP contribution < -0.4 is 5.32 Å². The second-order valence-corrected chi connectivity index (χ2v) is 6.50. The summed E-state index contributed by atoms with van der Waals surface area (Å²) in [5, 5.41) is 3.68. The lowest BCUT2D eigenvalue weighted by Gasteiger charge is -2.22. The van der Waals surface area contributed by atoms with Gasteiger partial charge < -0.3 is 19.7 Å². The molecule has 0 radical (unpaired) electrons. The molecule has 6 heteroatoms. The predicted octanol–water partition coefficient (Wildman–Crippen LogP) is 2.74. The Labute approximate surface area is 158 Å². The first-order chi connectivity index (χ1) is 10.8. The van der Waals surface area contributed by atoms with E-state index in [1.165, 1.54) is 25.7 Å². The van der Waals surface area contributed by atoms with Crippen LogP contribution in [0.1, 0.15) is 39.5 Å². The van der Waals surface area contributed by atoms with E-state index in [0.29, 0.717) is 25.2 Å². The third-order valence-corrected chi connectivity index (χ3v) is 4.58. The summed E-state index contributed by atoms with van der Waals surface area (Å²) in [6.07, 6.45) is 5.13. The first kappa shape index (κ1) is 21.0. The van der Waals surface area contributed by atoms with Gasteiger partial charge in [0.25, 0.3) is 0 Å². The smallest absolute Gasteiger partial charge is 0.194 e. The first-order valence-electron chi connectivity index (χ1n) is 8.91. The van der Waals surface area contributed by atoms with Crippen LogP contribution in [0.15, 0.2) is 4.99 Å². The standard InChI is InChI=1S/C17H33N3O2.HI/c1-4-6-15-11-16(15)19-17(18-5-2)20-8-7-14(12-20)13-22-10-9-21-3;/h14-16H,4-13H2,1-3H3,(H,18,19);1H. The molecule has 1 N–H and O–H groups in total. The van der Waals surface area contributed by atoms with Crippen LogP contribution in [-0.2, 0) is 9.47 Å². The fraction of sp³-hybridized carbons (Fsp3) is 0.941. The van der Waals surface area contributed by atoms with Crippen LogP contribution >= 0.6 is 24.0 Å². The molecule has 1 heterocycles. The van der Waals surface area contributed by atoms with Crippen molar-refractivity contribution in [2.75, 3.05) is 46.6 Å². The Balaban J connectivity index is 0.00000264. The van der Waals surface area contributed by atoms with Crippen molar-refractivity contribution < 1.29 is 9.47 Å². The molecule has 0 aromatic carbocycles. The van der Waals surface area contributed by atoms with Gasteiger partial charge in [-0.05, 0) is 32.1 Å². The molecule has 3 unspecified atom stereocenters. The Kier molecular flexibility index (Phi) is 10.5. The van der Waals surface area contributed by atoms with Crippen LogP contribution in [0.5, 0.6) is 0 Å². The molecule has 0 aromatic rings. The molecule has 0 spiro atoms. The van der Waals surface area contributed by atoms with E-state index in [9.17, 15) is 0 Å². The molecule has 3 atom stereocenters. The Hall–Kier alpha value is -0.0800. The lowest BCUT2D eigenvalue weighted by molar-refractivity contribution is 0.0536. The van der Waals surface area contributed by atoms with Crippen molar-refractivity contribution in [2.24, 2.45) is 16.8 Å². The molecule has 0 bridgehead atoms. The highest BCUT2D eigenvalue weighted by atomic mass is 127. The van der Waals surface area contributed by atoms with Crippen molar-refractivity contribution in [1.82, 2.24) is 10.2 Å². The number of halogens is 1. The molecule has 1 aliphatic heterocycles. The highest BCUT2D eigenvalue weighted by Gasteiger charge is 2.38. The minimum atomic E-state index is 0. The van der Waals surface area contributed by atoms with Crippen LogP contribution in [0.4, 0.5) is 0 Å². The molecule has 2 rings (SSSR count). The maximum absolute atomic E-state index is 5.68. The summed E-state index contributed by atoms with van der Waals surface area (Å²) in [6, 6.07) is 0.655. The van der Waals surface area contributed by atoms with E-state index in [0.717, 1.165) is 38.1 Å². The van der Waals surface area contributed by atoms with E-state index in [2.05, 4.69) is 24.1 Å². The van der Waals surface area contributed by atoms with E-state index >= 15 is 0 Å². The minimum Gasteiger partial charge on any atom is -0.382 e. The Morgan fingerprint density at radius 2 is 2.13 bits per heavy atom. The zero-order valence-electron chi connectivity index (χ0n) is 14.9. The van der Waals surface area contributed by atoms with Gasteiger partial charge in [-0.15, -0.1) is 24.0 Å². The molecule has 2 fully saturated rings. The van der Waals surface area contributed by atoms with Gasteiger partial charge in [0.15, 0.2) is 5.96 Å². The number of ether oxygens (including phenoxy) is 2. The normalized spacial score (nSPS) is 27.0. The van der Waals surface area contributed by atoms with E-state index in [4.69, 9.17) is 14.5 Å². The number of likely N-dealkylation sites (tertiary alicyclic amines) is 1. The molecule has 0 amide bonds. The van der Waals surface area contributed by atoms with E-state index in [1.807, 2.05) is 0 Å². The van der Waals surface area contributed by atoms with Gasteiger partial charge in [0, 0.05) is 38.7 Å². The van der Waals surface area contributed by atoms with Gasteiger partial charge in [0.05, 0.1) is 19.8 Å². The van der Waals surface area contributed by atoms with Crippen LogP contribution in [0, 0.1) is 11.8 Å². The molecule has 0 aromatic heterocycles. The third kappa shape index (κ3) is 7.13. The van der Waals surface area contributed by atoms with Crippen molar-refractivity contribution in [3.05, 3.63) is 0 Å². The van der Waals surface area contributed by atoms with Gasteiger partial charge in [0.2, 0.25) is 0 Å². The third-order valence-electron chi connectivity index (χ3n) is 4.58. The number of nitrogens with zero attached hydrogens (tertiary/aromatic N) is 2. The molecular formula is C17H34IN3O2. The lowest BCUT2D eigenvalue weighted by atomic mass is 10.1. The minimum absolute atomic E-state index is 0. The number of guanidine groups is 1. The van der Waals surface area contributed by atoms with Gasteiger partial charge in [-0.2, -0.15) is 0 Å². The summed E-state index contributed by atoms with van der Waals surface area (Å²) in [6.45, 7) is 9.59. The van der Waals surface area contributed by atoms with Crippen molar-refractivity contribution in [2.45, 2.75) is 45.6 Å². The largest absolute Gasteiger partial charge is 0.382 e. The van der Waals surface area contributed by atoms with Crippen LogP contribution in [-0.4, -0.2) is 63.5 Å². The van der Waals surface area contributed by atoms with Crippen LogP contribution in [0.25, 0.3) is 0 Å². The molecule has 1 saturated heterocycles. The van der Waals surface area contributed by atoms with E-state index < -0.39 is 0 Å². The monoisotopic (exact) mass is 439 g/mol. The topological polar surface area (TPSA) is 46.1 Å². The van der Waals surface area contributed by atoms with Crippen molar-refractivity contribution in [3.63, 3.8) is 0 Å². The van der Waals surface area contributed by atoms with Crippen molar-refractivity contribution in [3.8, 4) is 0 Å². The summed E-state index contributed by atoms with van der Waals surface area (Å²) in [5.74, 6) is 2.60. The first-order valence-corrected chi connectivity index (χ1v) is 8.91. The second kappa shape index (κ2) is 11.5. The van der Waals surface area contributed by atoms with Crippen LogP contribution in [0.2, 0.25) is 0 Å². The van der Waals surface area contributed by atoms with Gasteiger partial charge in [-0.1, -0.05) is 13.3 Å². The zero-order chi connectivity index (χ0) is 15.8. The molecule has 5 nitrogen and oxygen atoms in total. The maximum Gasteiger partial charge on any atom is 0.194 e. The van der Waals surface area contributed by atoms with E-state index in [-0.39, 0.29) is 24.0 Å². The summed E-state index contributed by atoms with van der Waals surface area (Å²) in [7, 11) is 1.71. The number of hydrogen-bond acceptors (Lipinski definition) is 3. The van der Waals surface area contributed by atoms with Gasteiger partial charge >= 0.3 is 0 Å². The number of hydrogen-bond donors (Lipinski definition) is 1. The summed E-state index contributed by atoms with van der Waals surface area (Å²) >= 11 is 0. The van der Waals surface area contributed by atoms with Gasteiger partial charge in [-0.3, -0.25) is 4.99 Å². The Morgan fingerprint density at radius 3 is 2.83 bits per heavy atom. The molecule has 23 heavy (non-hydrogen) atoms. The molecule has 1 aliphatic carbocycles. The number of methoxy groups -OCH3 is 1. The second-order valence-electron chi connectivity index (χ2n) is 6.50. The average molecular weight is 439 g/mol. The molecular weight excluding hydrogens is 405 g/mol.